The number of unbranched alkanes of at least 4 members (excludes halogenated alkanes) is 7. The lowest BCUT2D eigenvalue weighted by Crippen LogP contribution is -2.47. The first kappa shape index (κ1) is 33.4. The molecule has 1 saturated heterocycles. The fraction of sp³-hybridized carbons (Fsp3) is 0.906. The van der Waals surface area contributed by atoms with E-state index < -0.39 is 11.2 Å². The number of rotatable bonds is 15. The first-order valence-electron chi connectivity index (χ1n) is 15.8. The Hall–Kier alpha value is -1.79. The summed E-state index contributed by atoms with van der Waals surface area (Å²) < 4.78 is 17.2. The molecule has 226 valence electrons. The first-order chi connectivity index (χ1) is 18.4. The lowest BCUT2D eigenvalue weighted by Gasteiger charge is -2.40. The Kier molecular flexibility index (Phi) is 13.6. The van der Waals surface area contributed by atoms with Crippen LogP contribution < -0.4 is 0 Å². The summed E-state index contributed by atoms with van der Waals surface area (Å²) in [5.41, 5.74) is -1.19. The van der Waals surface area contributed by atoms with Crippen molar-refractivity contribution in [3.05, 3.63) is 0 Å². The van der Waals surface area contributed by atoms with Crippen LogP contribution in [0, 0.1) is 5.92 Å². The lowest BCUT2D eigenvalue weighted by atomic mass is 9.83. The molecule has 0 aromatic carbocycles. The van der Waals surface area contributed by atoms with Gasteiger partial charge in [0.2, 0.25) is 0 Å². The Morgan fingerprint density at radius 1 is 0.744 bits per heavy atom. The maximum Gasteiger partial charge on any atom is 0.410 e. The van der Waals surface area contributed by atoms with Crippen LogP contribution in [0.1, 0.15) is 151 Å². The minimum absolute atomic E-state index is 0.0138. The highest BCUT2D eigenvalue weighted by Gasteiger charge is 2.38. The highest BCUT2D eigenvalue weighted by molar-refractivity contribution is 5.70. The number of piperidine rings is 1. The van der Waals surface area contributed by atoms with Gasteiger partial charge in [0.15, 0.2) is 0 Å². The SMILES string of the molecule is CCC1(OC(=O)CCCCCCCCCCC(=O)OC(C)(C)C2CCN(C(=O)OC(C)(C)C)CC2)CCCC1. The number of likely N-dealkylation sites (tertiary alicyclic amines) is 1. The van der Waals surface area contributed by atoms with Gasteiger partial charge in [-0.3, -0.25) is 9.59 Å². The van der Waals surface area contributed by atoms with E-state index in [0.29, 0.717) is 25.9 Å². The van der Waals surface area contributed by atoms with Crippen LogP contribution in [0.5, 0.6) is 0 Å². The molecule has 7 heteroatoms. The van der Waals surface area contributed by atoms with E-state index in [4.69, 9.17) is 14.2 Å². The minimum Gasteiger partial charge on any atom is -0.459 e. The number of nitrogens with zero attached hydrogens (tertiary/aromatic N) is 1. The second-order valence-corrected chi connectivity index (χ2v) is 13.4. The van der Waals surface area contributed by atoms with Gasteiger partial charge in [-0.2, -0.15) is 0 Å². The van der Waals surface area contributed by atoms with Gasteiger partial charge in [0.1, 0.15) is 16.8 Å². The fourth-order valence-corrected chi connectivity index (χ4v) is 5.95. The van der Waals surface area contributed by atoms with E-state index in [-0.39, 0.29) is 29.6 Å². The molecule has 0 atom stereocenters. The van der Waals surface area contributed by atoms with Crippen molar-refractivity contribution in [2.45, 2.75) is 167 Å². The molecule has 1 heterocycles. The largest absolute Gasteiger partial charge is 0.459 e. The van der Waals surface area contributed by atoms with Gasteiger partial charge in [-0.1, -0.05) is 45.4 Å². The van der Waals surface area contributed by atoms with E-state index in [0.717, 1.165) is 70.6 Å². The van der Waals surface area contributed by atoms with E-state index in [2.05, 4.69) is 6.92 Å². The Morgan fingerprint density at radius 3 is 1.72 bits per heavy atom. The number of hydrogen-bond donors (Lipinski definition) is 0. The monoisotopic (exact) mass is 551 g/mol. The second-order valence-electron chi connectivity index (χ2n) is 13.4. The molecule has 0 aromatic rings. The molecule has 1 amide bonds. The molecular formula is C32H57NO6. The van der Waals surface area contributed by atoms with Crippen molar-refractivity contribution < 1.29 is 28.6 Å². The van der Waals surface area contributed by atoms with E-state index in [1.807, 2.05) is 34.6 Å². The highest BCUT2D eigenvalue weighted by atomic mass is 16.6. The van der Waals surface area contributed by atoms with Gasteiger partial charge >= 0.3 is 18.0 Å². The van der Waals surface area contributed by atoms with Gasteiger partial charge in [0, 0.05) is 31.8 Å². The number of hydrogen-bond acceptors (Lipinski definition) is 6. The number of carbonyl (C=O) groups is 3. The summed E-state index contributed by atoms with van der Waals surface area (Å²) in [7, 11) is 0. The molecule has 0 bridgehead atoms. The predicted molar refractivity (Wildman–Crippen MR) is 154 cm³/mol. The number of carbonyl (C=O) groups excluding carboxylic acids is 3. The Morgan fingerprint density at radius 2 is 1.23 bits per heavy atom. The van der Waals surface area contributed by atoms with Crippen molar-refractivity contribution in [1.29, 1.82) is 0 Å². The molecule has 0 radical (unpaired) electrons. The summed E-state index contributed by atoms with van der Waals surface area (Å²) in [5.74, 6) is 0.0986. The molecule has 2 fully saturated rings. The second kappa shape index (κ2) is 15.9. The molecule has 1 aliphatic heterocycles. The van der Waals surface area contributed by atoms with Crippen molar-refractivity contribution in [2.24, 2.45) is 5.92 Å². The summed E-state index contributed by atoms with van der Waals surface area (Å²) in [4.78, 5) is 38.8. The molecule has 7 nitrogen and oxygen atoms in total. The molecular weight excluding hydrogens is 494 g/mol. The average molecular weight is 552 g/mol. The van der Waals surface area contributed by atoms with Crippen LogP contribution in [-0.2, 0) is 23.8 Å². The van der Waals surface area contributed by atoms with E-state index in [1.165, 1.54) is 25.7 Å². The van der Waals surface area contributed by atoms with Crippen molar-refractivity contribution in [1.82, 2.24) is 4.90 Å². The highest BCUT2D eigenvalue weighted by Crippen LogP contribution is 2.36. The van der Waals surface area contributed by atoms with E-state index >= 15 is 0 Å². The summed E-state index contributed by atoms with van der Waals surface area (Å²) >= 11 is 0. The van der Waals surface area contributed by atoms with Gasteiger partial charge < -0.3 is 19.1 Å². The van der Waals surface area contributed by atoms with Crippen molar-refractivity contribution >= 4 is 18.0 Å². The maximum atomic E-state index is 12.5. The number of esters is 2. The van der Waals surface area contributed by atoms with Crippen molar-refractivity contribution in [3.63, 3.8) is 0 Å². The first-order valence-corrected chi connectivity index (χ1v) is 15.8. The molecule has 0 aromatic heterocycles. The zero-order valence-electron chi connectivity index (χ0n) is 25.9. The van der Waals surface area contributed by atoms with Gasteiger partial charge in [0.05, 0.1) is 0 Å². The summed E-state index contributed by atoms with van der Waals surface area (Å²) in [6, 6.07) is 0. The van der Waals surface area contributed by atoms with Crippen LogP contribution in [0.25, 0.3) is 0 Å². The molecule has 0 unspecified atom stereocenters. The van der Waals surface area contributed by atoms with Gasteiger partial charge in [0.25, 0.3) is 0 Å². The smallest absolute Gasteiger partial charge is 0.410 e. The van der Waals surface area contributed by atoms with Crippen LogP contribution >= 0.6 is 0 Å². The third-order valence-electron chi connectivity index (χ3n) is 8.51. The topological polar surface area (TPSA) is 82.1 Å². The fourth-order valence-electron chi connectivity index (χ4n) is 5.95. The summed E-state index contributed by atoms with van der Waals surface area (Å²) in [6.07, 6.45) is 16.2. The summed E-state index contributed by atoms with van der Waals surface area (Å²) in [6.45, 7) is 13.0. The molecule has 2 aliphatic rings. The molecule has 1 aliphatic carbocycles. The van der Waals surface area contributed by atoms with Gasteiger partial charge in [-0.05, 0) is 92.4 Å². The Balaban J connectivity index is 1.48. The number of amides is 1. The van der Waals surface area contributed by atoms with Crippen LogP contribution in [0.3, 0.4) is 0 Å². The van der Waals surface area contributed by atoms with E-state index in [1.54, 1.807) is 4.90 Å². The average Bonchev–Trinajstić information content (AvgIpc) is 3.32. The summed E-state index contributed by atoms with van der Waals surface area (Å²) in [5, 5.41) is 0. The van der Waals surface area contributed by atoms with E-state index in [9.17, 15) is 14.4 Å². The van der Waals surface area contributed by atoms with Crippen LogP contribution in [0.2, 0.25) is 0 Å². The zero-order chi connectivity index (χ0) is 28.9. The molecule has 39 heavy (non-hydrogen) atoms. The molecule has 1 saturated carbocycles. The normalized spacial score (nSPS) is 18.2. The Bertz CT molecular complexity index is 757. The molecule has 0 spiro atoms. The maximum absolute atomic E-state index is 12.5. The number of ether oxygens (including phenoxy) is 3. The third kappa shape index (κ3) is 12.5. The quantitative estimate of drug-likeness (QED) is 0.116. The third-order valence-corrected chi connectivity index (χ3v) is 8.51. The van der Waals surface area contributed by atoms with Crippen LogP contribution in [0.15, 0.2) is 0 Å². The van der Waals surface area contributed by atoms with Crippen LogP contribution in [0.4, 0.5) is 4.79 Å². The lowest BCUT2D eigenvalue weighted by molar-refractivity contribution is -0.164. The molecule has 2 rings (SSSR count). The van der Waals surface area contributed by atoms with Gasteiger partial charge in [-0.25, -0.2) is 4.79 Å². The van der Waals surface area contributed by atoms with Crippen molar-refractivity contribution in [3.8, 4) is 0 Å². The van der Waals surface area contributed by atoms with Crippen molar-refractivity contribution in [2.75, 3.05) is 13.1 Å². The Labute approximate surface area is 238 Å². The molecule has 0 N–H and O–H groups in total. The standard InChI is InChI=1S/C32H57NO6/c1-7-32(22-16-17-23-32)38-28(35)19-15-13-11-9-8-10-12-14-18-27(34)37-31(5,6)26-20-24-33(25-21-26)29(36)39-30(2,3)4/h26H,7-25H2,1-6H3. The van der Waals surface area contributed by atoms with Gasteiger partial charge in [-0.15, -0.1) is 0 Å². The van der Waals surface area contributed by atoms with Crippen LogP contribution in [-0.4, -0.2) is 52.8 Å². The zero-order valence-corrected chi connectivity index (χ0v) is 25.9. The predicted octanol–water partition coefficient (Wildman–Crippen LogP) is 8.12. The minimum atomic E-state index is -0.530.